The standard InChI is InChI=1S/C20H15F6N3.CH4/c1-10-17(18-27-4-5-28-18)15-8-11(2-3-16(15)29-10)12-6-13(19(21,22)23)9-14(7-12)20(24,25)26;/h2-3,6-9,29H,4-5H2,1H3,(H,27,28);1H4. The molecule has 0 atom stereocenters. The van der Waals surface area contributed by atoms with Gasteiger partial charge in [0.15, 0.2) is 0 Å². The van der Waals surface area contributed by atoms with E-state index in [0.29, 0.717) is 24.3 Å². The Morgan fingerprint density at radius 1 is 0.867 bits per heavy atom. The van der Waals surface area contributed by atoms with Crippen LogP contribution in [0.2, 0.25) is 0 Å². The Morgan fingerprint density at radius 2 is 1.50 bits per heavy atom. The SMILES string of the molecule is C.Cc1[nH]c2ccc(-c3cc(C(F)(F)F)cc(C(F)(F)F)c3)cc2c1C1=NCCN1. The highest BCUT2D eigenvalue weighted by molar-refractivity contribution is 6.12. The van der Waals surface area contributed by atoms with Gasteiger partial charge in [0.05, 0.1) is 17.7 Å². The van der Waals surface area contributed by atoms with E-state index in [9.17, 15) is 26.3 Å². The normalized spacial score (nSPS) is 14.4. The Kier molecular flexibility index (Phi) is 5.34. The highest BCUT2D eigenvalue weighted by Gasteiger charge is 2.37. The maximum atomic E-state index is 13.2. The van der Waals surface area contributed by atoms with E-state index in [-0.39, 0.29) is 24.6 Å². The summed E-state index contributed by atoms with van der Waals surface area (Å²) in [6.07, 6.45) is -9.78. The lowest BCUT2D eigenvalue weighted by Gasteiger charge is -2.14. The zero-order chi connectivity index (χ0) is 21.0. The average molecular weight is 427 g/mol. The molecule has 0 bridgehead atoms. The molecular formula is C21H19F6N3. The van der Waals surface area contributed by atoms with Gasteiger partial charge in [0, 0.05) is 28.7 Å². The molecule has 1 aliphatic rings. The number of aliphatic imine (C=N–C) groups is 1. The minimum absolute atomic E-state index is 0. The van der Waals surface area contributed by atoms with Gasteiger partial charge in [-0.1, -0.05) is 13.5 Å². The number of rotatable bonds is 2. The highest BCUT2D eigenvalue weighted by Crippen LogP contribution is 2.39. The fourth-order valence-electron chi connectivity index (χ4n) is 3.50. The molecule has 0 unspecified atom stereocenters. The van der Waals surface area contributed by atoms with E-state index in [0.717, 1.165) is 28.9 Å². The number of H-pyrrole nitrogens is 1. The van der Waals surface area contributed by atoms with E-state index < -0.39 is 23.5 Å². The molecule has 0 radical (unpaired) electrons. The minimum Gasteiger partial charge on any atom is -0.368 e. The van der Waals surface area contributed by atoms with Crippen LogP contribution in [0.15, 0.2) is 41.4 Å². The Labute approximate surface area is 168 Å². The lowest BCUT2D eigenvalue weighted by atomic mass is 9.97. The molecule has 0 aliphatic carbocycles. The van der Waals surface area contributed by atoms with Gasteiger partial charge in [0.1, 0.15) is 5.84 Å². The van der Waals surface area contributed by atoms with Crippen molar-refractivity contribution in [3.05, 3.63) is 58.8 Å². The second-order valence-electron chi connectivity index (χ2n) is 6.84. The first-order valence-electron chi connectivity index (χ1n) is 8.75. The van der Waals surface area contributed by atoms with Crippen LogP contribution in [0.3, 0.4) is 0 Å². The summed E-state index contributed by atoms with van der Waals surface area (Å²) in [5.74, 6) is 0.658. The van der Waals surface area contributed by atoms with Gasteiger partial charge in [0.25, 0.3) is 0 Å². The Hall–Kier alpha value is -2.97. The predicted octanol–water partition coefficient (Wildman–Crippen LogP) is 6.17. The smallest absolute Gasteiger partial charge is 0.368 e. The summed E-state index contributed by atoms with van der Waals surface area (Å²) in [4.78, 5) is 7.55. The zero-order valence-electron chi connectivity index (χ0n) is 15.1. The summed E-state index contributed by atoms with van der Waals surface area (Å²) >= 11 is 0. The molecule has 0 fully saturated rings. The molecular weight excluding hydrogens is 408 g/mol. The summed E-state index contributed by atoms with van der Waals surface area (Å²) in [7, 11) is 0. The first-order chi connectivity index (χ1) is 13.5. The number of hydrogen-bond donors (Lipinski definition) is 2. The average Bonchev–Trinajstić information content (AvgIpc) is 3.25. The minimum atomic E-state index is -4.89. The number of aromatic amines is 1. The first-order valence-corrected chi connectivity index (χ1v) is 8.75. The Balaban J connectivity index is 0.00000256. The van der Waals surface area contributed by atoms with Gasteiger partial charge in [-0.25, -0.2) is 0 Å². The van der Waals surface area contributed by atoms with Crippen LogP contribution in [0.4, 0.5) is 26.3 Å². The number of halogens is 6. The third kappa shape index (κ3) is 3.88. The Bertz CT molecular complexity index is 1090. The van der Waals surface area contributed by atoms with Gasteiger partial charge >= 0.3 is 12.4 Å². The summed E-state index contributed by atoms with van der Waals surface area (Å²) in [6, 6.07) is 6.34. The molecule has 3 nitrogen and oxygen atoms in total. The van der Waals surface area contributed by atoms with Crippen molar-refractivity contribution in [2.24, 2.45) is 4.99 Å². The van der Waals surface area contributed by atoms with E-state index in [1.165, 1.54) is 6.07 Å². The number of amidine groups is 1. The zero-order valence-corrected chi connectivity index (χ0v) is 15.1. The van der Waals surface area contributed by atoms with Crippen LogP contribution in [-0.4, -0.2) is 23.9 Å². The van der Waals surface area contributed by atoms with Gasteiger partial charge in [0.2, 0.25) is 0 Å². The van der Waals surface area contributed by atoms with Crippen LogP contribution in [0.25, 0.3) is 22.0 Å². The first kappa shape index (κ1) is 21.7. The molecule has 1 aromatic heterocycles. The van der Waals surface area contributed by atoms with Gasteiger partial charge in [-0.05, 0) is 48.4 Å². The van der Waals surface area contributed by atoms with Crippen molar-refractivity contribution < 1.29 is 26.3 Å². The fraction of sp³-hybridized carbons (Fsp3) is 0.286. The quantitative estimate of drug-likeness (QED) is 0.472. The number of nitrogens with one attached hydrogen (secondary N) is 2. The molecule has 0 saturated carbocycles. The third-order valence-electron chi connectivity index (χ3n) is 4.82. The molecule has 0 spiro atoms. The van der Waals surface area contributed by atoms with Crippen molar-refractivity contribution in [3.8, 4) is 11.1 Å². The molecule has 0 saturated heterocycles. The van der Waals surface area contributed by atoms with Gasteiger partial charge in [-0.15, -0.1) is 0 Å². The molecule has 2 heterocycles. The maximum absolute atomic E-state index is 13.2. The molecule has 4 rings (SSSR count). The number of alkyl halides is 6. The number of hydrogen-bond acceptors (Lipinski definition) is 2. The van der Waals surface area contributed by atoms with Crippen LogP contribution in [0, 0.1) is 6.92 Å². The number of aryl methyl sites for hydroxylation is 1. The van der Waals surface area contributed by atoms with E-state index >= 15 is 0 Å². The fourth-order valence-corrected chi connectivity index (χ4v) is 3.50. The van der Waals surface area contributed by atoms with Crippen molar-refractivity contribution in [1.82, 2.24) is 10.3 Å². The van der Waals surface area contributed by atoms with Crippen LogP contribution in [0.1, 0.15) is 29.8 Å². The molecule has 9 heteroatoms. The largest absolute Gasteiger partial charge is 0.416 e. The van der Waals surface area contributed by atoms with Crippen molar-refractivity contribution in [2.45, 2.75) is 26.7 Å². The van der Waals surface area contributed by atoms with Crippen molar-refractivity contribution in [2.75, 3.05) is 13.1 Å². The number of aromatic nitrogens is 1. The van der Waals surface area contributed by atoms with Crippen LogP contribution >= 0.6 is 0 Å². The molecule has 2 N–H and O–H groups in total. The monoisotopic (exact) mass is 427 g/mol. The van der Waals surface area contributed by atoms with Crippen molar-refractivity contribution in [1.29, 1.82) is 0 Å². The van der Waals surface area contributed by atoms with Crippen LogP contribution in [0.5, 0.6) is 0 Å². The maximum Gasteiger partial charge on any atom is 0.416 e. The van der Waals surface area contributed by atoms with E-state index in [2.05, 4.69) is 15.3 Å². The molecule has 1 aliphatic heterocycles. The molecule has 160 valence electrons. The molecule has 2 aromatic carbocycles. The van der Waals surface area contributed by atoms with Gasteiger partial charge in [-0.3, -0.25) is 4.99 Å². The number of benzene rings is 2. The number of nitrogens with zero attached hydrogens (tertiary/aromatic N) is 1. The van der Waals surface area contributed by atoms with Crippen LogP contribution in [-0.2, 0) is 12.4 Å². The lowest BCUT2D eigenvalue weighted by Crippen LogP contribution is -2.19. The van der Waals surface area contributed by atoms with Gasteiger partial charge in [-0.2, -0.15) is 26.3 Å². The topological polar surface area (TPSA) is 40.2 Å². The van der Waals surface area contributed by atoms with E-state index in [1.54, 1.807) is 12.1 Å². The summed E-state index contributed by atoms with van der Waals surface area (Å²) < 4.78 is 79.1. The number of fused-ring (bicyclic) bond motifs is 1. The van der Waals surface area contributed by atoms with E-state index in [1.807, 2.05) is 6.92 Å². The van der Waals surface area contributed by atoms with Gasteiger partial charge < -0.3 is 10.3 Å². The van der Waals surface area contributed by atoms with E-state index in [4.69, 9.17) is 0 Å². The lowest BCUT2D eigenvalue weighted by molar-refractivity contribution is -0.143. The molecule has 30 heavy (non-hydrogen) atoms. The molecule has 3 aromatic rings. The highest BCUT2D eigenvalue weighted by atomic mass is 19.4. The Morgan fingerprint density at radius 3 is 2.03 bits per heavy atom. The third-order valence-corrected chi connectivity index (χ3v) is 4.82. The predicted molar refractivity (Wildman–Crippen MR) is 105 cm³/mol. The second kappa shape index (κ2) is 7.37. The van der Waals surface area contributed by atoms with Crippen LogP contribution < -0.4 is 5.32 Å². The summed E-state index contributed by atoms with van der Waals surface area (Å²) in [6.45, 7) is 3.11. The van der Waals surface area contributed by atoms with Crippen molar-refractivity contribution >= 4 is 16.7 Å². The summed E-state index contributed by atoms with van der Waals surface area (Å²) in [5, 5.41) is 3.82. The summed E-state index contributed by atoms with van der Waals surface area (Å²) in [5.41, 5.74) is -0.272. The molecule has 0 amide bonds. The second-order valence-corrected chi connectivity index (χ2v) is 6.84. The van der Waals surface area contributed by atoms with Crippen molar-refractivity contribution in [3.63, 3.8) is 0 Å².